The van der Waals surface area contributed by atoms with Crippen molar-refractivity contribution in [1.29, 1.82) is 0 Å². The predicted molar refractivity (Wildman–Crippen MR) is 116 cm³/mol. The van der Waals surface area contributed by atoms with Crippen LogP contribution in [0.25, 0.3) is 32.8 Å². The van der Waals surface area contributed by atoms with Gasteiger partial charge in [0.2, 0.25) is 5.82 Å². The topological polar surface area (TPSA) is 94.1 Å². The summed E-state index contributed by atoms with van der Waals surface area (Å²) >= 11 is 3.12. The fourth-order valence-electron chi connectivity index (χ4n) is 2.84. The summed E-state index contributed by atoms with van der Waals surface area (Å²) in [6, 6.07) is 16.6. The number of aromatic nitrogens is 3. The number of nitrogens with one attached hydrogen (secondary N) is 1. The van der Waals surface area contributed by atoms with Crippen LogP contribution in [0.5, 0.6) is 0 Å². The van der Waals surface area contributed by atoms with Crippen LogP contribution in [-0.2, 0) is 0 Å². The third-order valence-electron chi connectivity index (χ3n) is 4.26. The molecule has 0 unspecified atom stereocenters. The fraction of sp³-hybridized carbons (Fsp3) is 0.0476. The number of hydrogen-bond donors (Lipinski definition) is 1. The van der Waals surface area contributed by atoms with Crippen molar-refractivity contribution in [3.05, 3.63) is 70.5 Å². The molecule has 0 saturated carbocycles. The zero-order valence-electron chi connectivity index (χ0n) is 15.7. The molecule has 7 nitrogen and oxygen atoms in total. The first kappa shape index (κ1) is 18.5. The highest BCUT2D eigenvalue weighted by molar-refractivity contribution is 7.15. The third-order valence-corrected chi connectivity index (χ3v) is 6.14. The van der Waals surface area contributed by atoms with Crippen molar-refractivity contribution >= 4 is 34.3 Å². The zero-order chi connectivity index (χ0) is 20.5. The first-order chi connectivity index (χ1) is 14.7. The van der Waals surface area contributed by atoms with Gasteiger partial charge in [-0.25, -0.2) is 0 Å². The van der Waals surface area contributed by atoms with E-state index in [0.717, 1.165) is 9.75 Å². The second kappa shape index (κ2) is 7.69. The molecule has 30 heavy (non-hydrogen) atoms. The molecule has 0 saturated heterocycles. The Morgan fingerprint density at radius 3 is 2.73 bits per heavy atom. The lowest BCUT2D eigenvalue weighted by molar-refractivity contribution is 0.101. The number of carbonyl (C=O) groups excluding carboxylic acids is 1. The molecule has 0 spiro atoms. The largest absolute Gasteiger partial charge is 0.355 e. The average molecular weight is 435 g/mol. The summed E-state index contributed by atoms with van der Waals surface area (Å²) in [6.07, 6.45) is 0. The Bertz CT molecular complexity index is 1320. The molecule has 148 valence electrons. The molecular weight excluding hydrogens is 420 g/mol. The quantitative estimate of drug-likeness (QED) is 0.379. The first-order valence-electron chi connectivity index (χ1n) is 8.98. The molecule has 5 aromatic rings. The Balaban J connectivity index is 1.34. The average Bonchev–Trinajstić information content (AvgIpc) is 3.54. The van der Waals surface area contributed by atoms with Crippen molar-refractivity contribution in [2.24, 2.45) is 0 Å². The van der Waals surface area contributed by atoms with Crippen LogP contribution in [0.4, 0.5) is 5.69 Å². The molecule has 0 atom stereocenters. The number of thiophene rings is 2. The summed E-state index contributed by atoms with van der Waals surface area (Å²) in [6.45, 7) is 2.03. The van der Waals surface area contributed by atoms with Crippen molar-refractivity contribution in [2.45, 2.75) is 6.92 Å². The van der Waals surface area contributed by atoms with Gasteiger partial charge in [-0.2, -0.15) is 4.98 Å². The van der Waals surface area contributed by atoms with E-state index in [-0.39, 0.29) is 11.6 Å². The number of hydrogen-bond acceptors (Lipinski definition) is 8. The van der Waals surface area contributed by atoms with Gasteiger partial charge in [-0.1, -0.05) is 22.4 Å². The molecular formula is C21H14N4O3S2. The Hall–Kier alpha value is -3.56. The van der Waals surface area contributed by atoms with E-state index in [2.05, 4.69) is 20.6 Å². The third kappa shape index (κ3) is 3.68. The standard InChI is InChI=1S/C21H14N4O3S2/c1-12-7-8-18(30-12)19-23-21(28-25-19)13-4-2-5-14(10-13)22-20(26)15-11-16(27-24-15)17-6-3-9-29-17/h2-11H,1H3,(H,22,26). The second-order valence-electron chi connectivity index (χ2n) is 6.42. The lowest BCUT2D eigenvalue weighted by Gasteiger charge is -2.03. The number of rotatable bonds is 5. The molecule has 0 radical (unpaired) electrons. The first-order valence-corrected chi connectivity index (χ1v) is 10.7. The van der Waals surface area contributed by atoms with E-state index in [1.54, 1.807) is 29.5 Å². The highest BCUT2D eigenvalue weighted by Gasteiger charge is 2.16. The summed E-state index contributed by atoms with van der Waals surface area (Å²) in [7, 11) is 0. The van der Waals surface area contributed by atoms with Gasteiger partial charge in [-0.3, -0.25) is 4.79 Å². The Kier molecular flexibility index (Phi) is 4.74. The van der Waals surface area contributed by atoms with Gasteiger partial charge < -0.3 is 14.4 Å². The van der Waals surface area contributed by atoms with Gasteiger partial charge >= 0.3 is 0 Å². The molecule has 4 aromatic heterocycles. The Morgan fingerprint density at radius 1 is 1.00 bits per heavy atom. The van der Waals surface area contributed by atoms with Crippen LogP contribution in [0.3, 0.4) is 0 Å². The minimum Gasteiger partial charge on any atom is -0.355 e. The van der Waals surface area contributed by atoms with E-state index in [1.165, 1.54) is 16.2 Å². The van der Waals surface area contributed by atoms with Crippen molar-refractivity contribution < 1.29 is 13.8 Å². The van der Waals surface area contributed by atoms with Crippen LogP contribution in [0, 0.1) is 6.92 Å². The molecule has 1 aromatic carbocycles. The number of anilines is 1. The minimum absolute atomic E-state index is 0.206. The predicted octanol–water partition coefficient (Wildman–Crippen LogP) is 5.74. The van der Waals surface area contributed by atoms with E-state index >= 15 is 0 Å². The highest BCUT2D eigenvalue weighted by Crippen LogP contribution is 2.29. The molecule has 4 heterocycles. The SMILES string of the molecule is Cc1ccc(-c2noc(-c3cccc(NC(=O)c4cc(-c5cccs5)on4)c3)n2)s1. The molecule has 0 fully saturated rings. The normalized spacial score (nSPS) is 11.0. The summed E-state index contributed by atoms with van der Waals surface area (Å²) in [5, 5.41) is 12.7. The summed E-state index contributed by atoms with van der Waals surface area (Å²) < 4.78 is 10.7. The number of nitrogens with zero attached hydrogens (tertiary/aromatic N) is 3. The maximum atomic E-state index is 12.6. The van der Waals surface area contributed by atoms with E-state index < -0.39 is 0 Å². The van der Waals surface area contributed by atoms with E-state index in [9.17, 15) is 4.79 Å². The van der Waals surface area contributed by atoms with Crippen LogP contribution in [-0.4, -0.2) is 21.2 Å². The molecule has 0 aliphatic heterocycles. The van der Waals surface area contributed by atoms with Gasteiger partial charge in [0.25, 0.3) is 11.8 Å². The molecule has 0 aliphatic carbocycles. The van der Waals surface area contributed by atoms with Gasteiger partial charge in [0.15, 0.2) is 11.5 Å². The van der Waals surface area contributed by atoms with Gasteiger partial charge in [0.05, 0.1) is 9.75 Å². The summed E-state index contributed by atoms with van der Waals surface area (Å²) in [5.41, 5.74) is 1.50. The molecule has 1 N–H and O–H groups in total. The molecule has 5 rings (SSSR count). The Labute approximate surface area is 179 Å². The number of carbonyl (C=O) groups is 1. The van der Waals surface area contributed by atoms with E-state index in [1.807, 2.05) is 48.7 Å². The van der Waals surface area contributed by atoms with Gasteiger partial charge in [0.1, 0.15) is 0 Å². The number of amides is 1. The van der Waals surface area contributed by atoms with E-state index in [4.69, 9.17) is 9.05 Å². The summed E-state index contributed by atoms with van der Waals surface area (Å²) in [5.74, 6) is 1.12. The number of benzene rings is 1. The summed E-state index contributed by atoms with van der Waals surface area (Å²) in [4.78, 5) is 20.1. The zero-order valence-corrected chi connectivity index (χ0v) is 17.3. The lowest BCUT2D eigenvalue weighted by Crippen LogP contribution is -2.12. The Morgan fingerprint density at radius 2 is 1.93 bits per heavy atom. The maximum absolute atomic E-state index is 12.6. The monoisotopic (exact) mass is 434 g/mol. The molecule has 9 heteroatoms. The maximum Gasteiger partial charge on any atom is 0.277 e. The van der Waals surface area contributed by atoms with Crippen molar-refractivity contribution in [3.63, 3.8) is 0 Å². The van der Waals surface area contributed by atoms with Crippen LogP contribution < -0.4 is 5.32 Å². The van der Waals surface area contributed by atoms with Crippen LogP contribution >= 0.6 is 22.7 Å². The molecule has 1 amide bonds. The highest BCUT2D eigenvalue weighted by atomic mass is 32.1. The second-order valence-corrected chi connectivity index (χ2v) is 8.66. The minimum atomic E-state index is -0.362. The van der Waals surface area contributed by atoms with Crippen LogP contribution in [0.1, 0.15) is 15.4 Å². The van der Waals surface area contributed by atoms with Crippen molar-refractivity contribution in [1.82, 2.24) is 15.3 Å². The van der Waals surface area contributed by atoms with Gasteiger partial charge in [0, 0.05) is 22.2 Å². The van der Waals surface area contributed by atoms with Crippen molar-refractivity contribution in [3.8, 4) is 32.8 Å². The fourth-order valence-corrected chi connectivity index (χ4v) is 4.30. The van der Waals surface area contributed by atoms with Gasteiger partial charge in [-0.15, -0.1) is 22.7 Å². The molecule has 0 bridgehead atoms. The smallest absolute Gasteiger partial charge is 0.277 e. The van der Waals surface area contributed by atoms with Crippen molar-refractivity contribution in [2.75, 3.05) is 5.32 Å². The lowest BCUT2D eigenvalue weighted by atomic mass is 10.2. The molecule has 0 aliphatic rings. The van der Waals surface area contributed by atoms with Crippen LogP contribution in [0.2, 0.25) is 0 Å². The number of aryl methyl sites for hydroxylation is 1. The van der Waals surface area contributed by atoms with Crippen LogP contribution in [0.15, 0.2) is 69.0 Å². The van der Waals surface area contributed by atoms with E-state index in [0.29, 0.717) is 28.7 Å². The van der Waals surface area contributed by atoms with Gasteiger partial charge in [-0.05, 0) is 48.7 Å².